The van der Waals surface area contributed by atoms with Gasteiger partial charge in [-0.25, -0.2) is 0 Å². The Bertz CT molecular complexity index is 909. The number of aromatic nitrogens is 3. The fourth-order valence-electron chi connectivity index (χ4n) is 3.27. The predicted octanol–water partition coefficient (Wildman–Crippen LogP) is 1.33. The smallest absolute Gasteiger partial charge is 0.261 e. The second-order valence-corrected chi connectivity index (χ2v) is 8.85. The highest BCUT2D eigenvalue weighted by atomic mass is 32.2. The first-order valence-corrected chi connectivity index (χ1v) is 11.9. The molecular formula is C22H32N6O3S. The van der Waals surface area contributed by atoms with Crippen molar-refractivity contribution in [2.45, 2.75) is 38.1 Å². The molecule has 0 radical (unpaired) electrons. The van der Waals surface area contributed by atoms with Crippen molar-refractivity contribution in [3.05, 3.63) is 35.7 Å². The molecule has 9 nitrogen and oxygen atoms in total. The summed E-state index contributed by atoms with van der Waals surface area (Å²) in [5.41, 5.74) is 1.22. The van der Waals surface area contributed by atoms with Gasteiger partial charge in [0.25, 0.3) is 5.91 Å². The quantitative estimate of drug-likeness (QED) is 0.565. The van der Waals surface area contributed by atoms with Gasteiger partial charge in [-0.15, -0.1) is 10.2 Å². The molecule has 1 N–H and O–H groups in total. The Morgan fingerprint density at radius 2 is 1.81 bits per heavy atom. The SMILES string of the molecule is CCc1ccc(OC(C)C(=O)NCc2nnc(SCC(=O)N3CCN(C)CC3)n2C)cc1. The van der Waals surface area contributed by atoms with Crippen LogP contribution < -0.4 is 10.1 Å². The van der Waals surface area contributed by atoms with E-state index in [1.54, 1.807) is 11.5 Å². The number of rotatable bonds is 9. The van der Waals surface area contributed by atoms with Crippen LogP contribution in [-0.2, 0) is 29.6 Å². The minimum atomic E-state index is -0.634. The number of thioether (sulfide) groups is 1. The molecule has 1 aromatic heterocycles. The minimum absolute atomic E-state index is 0.110. The Morgan fingerprint density at radius 3 is 2.47 bits per heavy atom. The molecular weight excluding hydrogens is 428 g/mol. The average Bonchev–Trinajstić information content (AvgIpc) is 3.16. The molecule has 1 aromatic carbocycles. The van der Waals surface area contributed by atoms with Crippen LogP contribution in [0.25, 0.3) is 0 Å². The normalized spacial score (nSPS) is 15.4. The number of carbonyl (C=O) groups excluding carboxylic acids is 2. The van der Waals surface area contributed by atoms with Crippen molar-refractivity contribution in [3.8, 4) is 5.75 Å². The molecule has 1 fully saturated rings. The van der Waals surface area contributed by atoms with Gasteiger partial charge >= 0.3 is 0 Å². The van der Waals surface area contributed by atoms with Crippen molar-refractivity contribution in [3.63, 3.8) is 0 Å². The zero-order valence-electron chi connectivity index (χ0n) is 19.2. The minimum Gasteiger partial charge on any atom is -0.481 e. The number of benzene rings is 1. The van der Waals surface area contributed by atoms with Crippen molar-refractivity contribution in [1.82, 2.24) is 29.9 Å². The van der Waals surface area contributed by atoms with Crippen LogP contribution in [0.2, 0.25) is 0 Å². The number of aryl methyl sites for hydroxylation is 1. The van der Waals surface area contributed by atoms with Gasteiger partial charge in [-0.2, -0.15) is 0 Å². The third-order valence-electron chi connectivity index (χ3n) is 5.54. The van der Waals surface area contributed by atoms with Crippen LogP contribution in [0.3, 0.4) is 0 Å². The van der Waals surface area contributed by atoms with E-state index in [1.807, 2.05) is 36.2 Å². The van der Waals surface area contributed by atoms with Gasteiger partial charge in [-0.05, 0) is 38.1 Å². The van der Waals surface area contributed by atoms with Crippen molar-refractivity contribution in [1.29, 1.82) is 0 Å². The molecule has 2 aromatic rings. The first-order valence-electron chi connectivity index (χ1n) is 10.9. The van der Waals surface area contributed by atoms with E-state index in [2.05, 4.69) is 34.4 Å². The molecule has 1 aliphatic heterocycles. The van der Waals surface area contributed by atoms with Crippen molar-refractivity contribution in [2.75, 3.05) is 39.0 Å². The van der Waals surface area contributed by atoms with Crippen LogP contribution in [0.15, 0.2) is 29.4 Å². The summed E-state index contributed by atoms with van der Waals surface area (Å²) >= 11 is 1.36. The van der Waals surface area contributed by atoms with Gasteiger partial charge in [-0.1, -0.05) is 30.8 Å². The van der Waals surface area contributed by atoms with Gasteiger partial charge in [0.1, 0.15) is 5.75 Å². The van der Waals surface area contributed by atoms with E-state index in [0.29, 0.717) is 22.5 Å². The summed E-state index contributed by atoms with van der Waals surface area (Å²) in [6, 6.07) is 7.73. The number of hydrogen-bond donors (Lipinski definition) is 1. The Labute approximate surface area is 193 Å². The Hall–Kier alpha value is -2.59. The summed E-state index contributed by atoms with van der Waals surface area (Å²) in [4.78, 5) is 29.0. The highest BCUT2D eigenvalue weighted by Crippen LogP contribution is 2.17. The van der Waals surface area contributed by atoms with Gasteiger partial charge in [0.05, 0.1) is 12.3 Å². The third kappa shape index (κ3) is 6.46. The van der Waals surface area contributed by atoms with Crippen LogP contribution in [0.4, 0.5) is 0 Å². The van der Waals surface area contributed by atoms with Crippen LogP contribution in [0, 0.1) is 0 Å². The largest absolute Gasteiger partial charge is 0.481 e. The highest BCUT2D eigenvalue weighted by Gasteiger charge is 2.21. The summed E-state index contributed by atoms with van der Waals surface area (Å²) in [6.07, 6.45) is 0.323. The number of ether oxygens (including phenoxy) is 1. The first kappa shape index (κ1) is 24.1. The summed E-state index contributed by atoms with van der Waals surface area (Å²) in [5, 5.41) is 11.8. The summed E-state index contributed by atoms with van der Waals surface area (Å²) in [5.74, 6) is 1.48. The molecule has 1 atom stereocenters. The second kappa shape index (κ2) is 11.3. The topological polar surface area (TPSA) is 92.6 Å². The molecule has 1 unspecified atom stereocenters. The van der Waals surface area contributed by atoms with E-state index >= 15 is 0 Å². The molecule has 0 saturated carbocycles. The Balaban J connectivity index is 1.45. The number of amides is 2. The lowest BCUT2D eigenvalue weighted by Gasteiger charge is -2.32. The number of likely N-dealkylation sites (N-methyl/N-ethyl adjacent to an activating group) is 1. The predicted molar refractivity (Wildman–Crippen MR) is 124 cm³/mol. The van der Waals surface area contributed by atoms with E-state index in [4.69, 9.17) is 4.74 Å². The summed E-state index contributed by atoms with van der Waals surface area (Å²) in [6.45, 7) is 7.35. The monoisotopic (exact) mass is 460 g/mol. The number of piperazine rings is 1. The fourth-order valence-corrected chi connectivity index (χ4v) is 4.10. The maximum Gasteiger partial charge on any atom is 0.261 e. The second-order valence-electron chi connectivity index (χ2n) is 7.91. The number of nitrogens with zero attached hydrogens (tertiary/aromatic N) is 5. The zero-order chi connectivity index (χ0) is 23.1. The van der Waals surface area contributed by atoms with Crippen molar-refractivity contribution >= 4 is 23.6 Å². The molecule has 1 aliphatic rings. The molecule has 0 spiro atoms. The number of carbonyl (C=O) groups is 2. The van der Waals surface area contributed by atoms with Crippen LogP contribution in [-0.4, -0.2) is 81.5 Å². The van der Waals surface area contributed by atoms with Gasteiger partial charge in [0.15, 0.2) is 17.1 Å². The van der Waals surface area contributed by atoms with Crippen molar-refractivity contribution in [2.24, 2.45) is 7.05 Å². The molecule has 174 valence electrons. The molecule has 2 heterocycles. The standard InChI is InChI=1S/C22H32N6O3S/c1-5-17-6-8-18(9-7-17)31-16(2)21(30)23-14-19-24-25-22(27(19)4)32-15-20(29)28-12-10-26(3)11-13-28/h6-9,16H,5,10-15H2,1-4H3,(H,23,30). The maximum atomic E-state index is 12.4. The lowest BCUT2D eigenvalue weighted by Crippen LogP contribution is -2.47. The maximum absolute atomic E-state index is 12.4. The molecule has 10 heteroatoms. The fraction of sp³-hybridized carbons (Fsp3) is 0.545. The van der Waals surface area contributed by atoms with E-state index < -0.39 is 6.10 Å². The lowest BCUT2D eigenvalue weighted by atomic mass is 10.2. The number of hydrogen-bond acceptors (Lipinski definition) is 7. The molecule has 0 aliphatic carbocycles. The van der Waals surface area contributed by atoms with Gasteiger partial charge < -0.3 is 24.4 Å². The number of nitrogens with one attached hydrogen (secondary N) is 1. The molecule has 2 amide bonds. The first-order chi connectivity index (χ1) is 15.4. The van der Waals surface area contributed by atoms with E-state index in [-0.39, 0.29) is 18.4 Å². The van der Waals surface area contributed by atoms with E-state index in [1.165, 1.54) is 17.3 Å². The highest BCUT2D eigenvalue weighted by molar-refractivity contribution is 7.99. The Kier molecular flexibility index (Phi) is 8.52. The lowest BCUT2D eigenvalue weighted by molar-refractivity contribution is -0.130. The molecule has 1 saturated heterocycles. The average molecular weight is 461 g/mol. The summed E-state index contributed by atoms with van der Waals surface area (Å²) < 4.78 is 7.53. The molecule has 3 rings (SSSR count). The van der Waals surface area contributed by atoms with Gasteiger partial charge in [-0.3, -0.25) is 9.59 Å². The summed E-state index contributed by atoms with van der Waals surface area (Å²) in [7, 11) is 3.90. The van der Waals surface area contributed by atoms with E-state index in [9.17, 15) is 9.59 Å². The molecule has 0 bridgehead atoms. The van der Waals surface area contributed by atoms with Crippen LogP contribution in [0.5, 0.6) is 5.75 Å². The van der Waals surface area contributed by atoms with Crippen LogP contribution >= 0.6 is 11.8 Å². The zero-order valence-corrected chi connectivity index (χ0v) is 20.0. The van der Waals surface area contributed by atoms with Crippen LogP contribution in [0.1, 0.15) is 25.2 Å². The Morgan fingerprint density at radius 1 is 1.12 bits per heavy atom. The van der Waals surface area contributed by atoms with Gasteiger partial charge in [0.2, 0.25) is 5.91 Å². The van der Waals surface area contributed by atoms with Crippen molar-refractivity contribution < 1.29 is 14.3 Å². The third-order valence-corrected chi connectivity index (χ3v) is 6.55. The molecule has 32 heavy (non-hydrogen) atoms. The van der Waals surface area contributed by atoms with Gasteiger partial charge in [0, 0.05) is 33.2 Å². The van der Waals surface area contributed by atoms with E-state index in [0.717, 1.165) is 32.6 Å².